The lowest BCUT2D eigenvalue weighted by molar-refractivity contribution is -0.117. The molecule has 1 atom stereocenters. The molecular formula is C24H31N3OS. The summed E-state index contributed by atoms with van der Waals surface area (Å²) in [6, 6.07) is 9.00. The number of amides is 1. The highest BCUT2D eigenvalue weighted by atomic mass is 32.2. The van der Waals surface area contributed by atoms with Crippen LogP contribution in [0, 0.1) is 19.8 Å². The molecule has 1 amide bonds. The number of nitrogens with zero attached hydrogens (tertiary/aromatic N) is 2. The number of hydrogen-bond acceptors (Lipinski definition) is 4. The van der Waals surface area contributed by atoms with E-state index < -0.39 is 0 Å². The fourth-order valence-corrected chi connectivity index (χ4v) is 5.82. The Morgan fingerprint density at radius 2 is 2.00 bits per heavy atom. The van der Waals surface area contributed by atoms with E-state index in [1.807, 2.05) is 30.2 Å². The fourth-order valence-electron chi connectivity index (χ4n) is 4.73. The Labute approximate surface area is 178 Å². The summed E-state index contributed by atoms with van der Waals surface area (Å²) in [5.41, 5.74) is 5.78. The van der Waals surface area contributed by atoms with Crippen LogP contribution in [0.15, 0.2) is 36.7 Å². The van der Waals surface area contributed by atoms with Gasteiger partial charge in [0.05, 0.1) is 6.04 Å². The van der Waals surface area contributed by atoms with E-state index in [0.29, 0.717) is 18.4 Å². The molecule has 2 aromatic rings. The molecule has 1 saturated carbocycles. The average molecular weight is 410 g/mol. The van der Waals surface area contributed by atoms with Crippen molar-refractivity contribution in [1.29, 1.82) is 0 Å². The highest BCUT2D eigenvalue weighted by molar-refractivity contribution is 7.99. The van der Waals surface area contributed by atoms with E-state index in [9.17, 15) is 4.79 Å². The number of carbonyl (C=O) groups excluding carboxylic acids is 1. The molecule has 2 heterocycles. The fraction of sp³-hybridized carbons (Fsp3) is 0.500. The average Bonchev–Trinajstić information content (AvgIpc) is 3.24. The highest BCUT2D eigenvalue weighted by Gasteiger charge is 2.26. The SMILES string of the molecule is Cc1cc(N2CCSCC2c2cccnc2)cc(C)c1NC(=O)CC1CCCC1. The van der Waals surface area contributed by atoms with Crippen molar-refractivity contribution in [3.63, 3.8) is 0 Å². The van der Waals surface area contributed by atoms with E-state index in [2.05, 4.69) is 47.2 Å². The van der Waals surface area contributed by atoms with Gasteiger partial charge in [0.25, 0.3) is 0 Å². The first-order chi connectivity index (χ1) is 14.1. The standard InChI is InChI=1S/C24H31N3OS/c1-17-12-21(27-10-11-29-16-22(27)20-8-5-9-25-15-20)13-18(2)24(17)26-23(28)14-19-6-3-4-7-19/h5,8-9,12-13,15,19,22H,3-4,6-7,10-11,14,16H2,1-2H3,(H,26,28). The van der Waals surface area contributed by atoms with Gasteiger partial charge in [-0.15, -0.1) is 0 Å². The van der Waals surface area contributed by atoms with Crippen molar-refractivity contribution in [3.8, 4) is 0 Å². The van der Waals surface area contributed by atoms with Crippen LogP contribution in [0.5, 0.6) is 0 Å². The van der Waals surface area contributed by atoms with Crippen LogP contribution in [0.1, 0.15) is 54.8 Å². The number of aryl methyl sites for hydroxylation is 2. The van der Waals surface area contributed by atoms with E-state index in [1.165, 1.54) is 36.9 Å². The van der Waals surface area contributed by atoms with Crippen LogP contribution in [0.2, 0.25) is 0 Å². The Kier molecular flexibility index (Phi) is 6.43. The Bertz CT molecular complexity index is 825. The van der Waals surface area contributed by atoms with Gasteiger partial charge in [-0.05, 0) is 67.5 Å². The summed E-state index contributed by atoms with van der Waals surface area (Å²) in [5.74, 6) is 2.94. The minimum atomic E-state index is 0.165. The molecule has 2 fully saturated rings. The molecule has 154 valence electrons. The lowest BCUT2D eigenvalue weighted by Crippen LogP contribution is -2.36. The van der Waals surface area contributed by atoms with Crippen LogP contribution in [0.3, 0.4) is 0 Å². The van der Waals surface area contributed by atoms with Crippen molar-refractivity contribution in [1.82, 2.24) is 4.98 Å². The molecule has 29 heavy (non-hydrogen) atoms. The van der Waals surface area contributed by atoms with Crippen molar-refractivity contribution < 1.29 is 4.79 Å². The topological polar surface area (TPSA) is 45.2 Å². The Morgan fingerprint density at radius 3 is 2.69 bits per heavy atom. The summed E-state index contributed by atoms with van der Waals surface area (Å²) in [6.45, 7) is 5.25. The number of thioether (sulfide) groups is 1. The van der Waals surface area contributed by atoms with Gasteiger partial charge in [0.1, 0.15) is 0 Å². The van der Waals surface area contributed by atoms with Crippen LogP contribution in [0.25, 0.3) is 0 Å². The van der Waals surface area contributed by atoms with Crippen molar-refractivity contribution in [2.24, 2.45) is 5.92 Å². The summed E-state index contributed by atoms with van der Waals surface area (Å²) in [6.07, 6.45) is 9.43. The molecule has 1 aromatic heterocycles. The van der Waals surface area contributed by atoms with Gasteiger partial charge < -0.3 is 10.2 Å². The van der Waals surface area contributed by atoms with Gasteiger partial charge in [-0.2, -0.15) is 11.8 Å². The molecule has 5 heteroatoms. The molecule has 1 aliphatic carbocycles. The van der Waals surface area contributed by atoms with Crippen molar-refractivity contribution >= 4 is 29.0 Å². The first-order valence-corrected chi connectivity index (χ1v) is 11.9. The van der Waals surface area contributed by atoms with E-state index in [1.54, 1.807) is 0 Å². The minimum absolute atomic E-state index is 0.165. The van der Waals surface area contributed by atoms with Crippen LogP contribution in [-0.2, 0) is 4.79 Å². The van der Waals surface area contributed by atoms with E-state index in [-0.39, 0.29) is 5.91 Å². The van der Waals surface area contributed by atoms with Gasteiger partial charge in [-0.3, -0.25) is 9.78 Å². The molecule has 1 unspecified atom stereocenters. The number of rotatable bonds is 5. The predicted octanol–water partition coefficient (Wildman–Crippen LogP) is 5.51. The third-order valence-corrected chi connectivity index (χ3v) is 7.28. The third-order valence-electron chi connectivity index (χ3n) is 6.26. The second kappa shape index (κ2) is 9.21. The van der Waals surface area contributed by atoms with Crippen LogP contribution in [-0.4, -0.2) is 28.9 Å². The second-order valence-corrected chi connectivity index (χ2v) is 9.58. The molecule has 0 bridgehead atoms. The third kappa shape index (κ3) is 4.77. The largest absolute Gasteiger partial charge is 0.363 e. The predicted molar refractivity (Wildman–Crippen MR) is 123 cm³/mol. The Balaban J connectivity index is 1.53. The maximum Gasteiger partial charge on any atom is 0.224 e. The lowest BCUT2D eigenvalue weighted by atomic mass is 10.0. The number of nitrogens with one attached hydrogen (secondary N) is 1. The minimum Gasteiger partial charge on any atom is -0.363 e. The number of benzene rings is 1. The van der Waals surface area contributed by atoms with E-state index in [4.69, 9.17) is 0 Å². The summed E-state index contributed by atoms with van der Waals surface area (Å²) in [4.78, 5) is 19.4. The summed E-state index contributed by atoms with van der Waals surface area (Å²) in [7, 11) is 0. The van der Waals surface area contributed by atoms with E-state index >= 15 is 0 Å². The first kappa shape index (κ1) is 20.3. The van der Waals surface area contributed by atoms with Crippen LogP contribution >= 0.6 is 11.8 Å². The normalized spacial score (nSPS) is 20.1. The maximum absolute atomic E-state index is 12.6. The van der Waals surface area contributed by atoms with Crippen molar-refractivity contribution in [2.75, 3.05) is 28.3 Å². The zero-order valence-electron chi connectivity index (χ0n) is 17.5. The van der Waals surface area contributed by atoms with E-state index in [0.717, 1.165) is 34.9 Å². The van der Waals surface area contributed by atoms with Crippen LogP contribution in [0.4, 0.5) is 11.4 Å². The molecule has 1 saturated heterocycles. The monoisotopic (exact) mass is 409 g/mol. The Hall–Kier alpha value is -2.01. The molecule has 0 spiro atoms. The molecule has 4 nitrogen and oxygen atoms in total. The molecule has 0 radical (unpaired) electrons. The number of carbonyl (C=O) groups is 1. The first-order valence-electron chi connectivity index (χ1n) is 10.8. The van der Waals surface area contributed by atoms with Gasteiger partial charge in [0.2, 0.25) is 5.91 Å². The lowest BCUT2D eigenvalue weighted by Gasteiger charge is -2.38. The molecule has 4 rings (SSSR count). The smallest absolute Gasteiger partial charge is 0.224 e. The zero-order valence-corrected chi connectivity index (χ0v) is 18.3. The quantitative estimate of drug-likeness (QED) is 0.707. The number of pyridine rings is 1. The number of hydrogen-bond donors (Lipinski definition) is 1. The maximum atomic E-state index is 12.6. The second-order valence-electron chi connectivity index (χ2n) is 8.43. The Morgan fingerprint density at radius 1 is 1.24 bits per heavy atom. The molecule has 1 aliphatic heterocycles. The number of anilines is 2. The summed E-state index contributed by atoms with van der Waals surface area (Å²) < 4.78 is 0. The number of aromatic nitrogens is 1. The van der Waals surface area contributed by atoms with Gasteiger partial charge in [-0.25, -0.2) is 0 Å². The molecule has 1 N–H and O–H groups in total. The summed E-state index contributed by atoms with van der Waals surface area (Å²) in [5, 5.41) is 3.21. The molecule has 2 aliphatic rings. The van der Waals surface area contributed by atoms with Gasteiger partial charge in [-0.1, -0.05) is 18.9 Å². The zero-order chi connectivity index (χ0) is 20.2. The summed E-state index contributed by atoms with van der Waals surface area (Å²) >= 11 is 2.00. The van der Waals surface area contributed by atoms with Crippen LogP contribution < -0.4 is 10.2 Å². The highest BCUT2D eigenvalue weighted by Crippen LogP contribution is 2.36. The van der Waals surface area contributed by atoms with Gasteiger partial charge in [0, 0.05) is 48.2 Å². The van der Waals surface area contributed by atoms with Gasteiger partial charge in [0.15, 0.2) is 0 Å². The van der Waals surface area contributed by atoms with Crippen molar-refractivity contribution in [3.05, 3.63) is 53.3 Å². The molecular weight excluding hydrogens is 378 g/mol. The molecule has 1 aromatic carbocycles. The van der Waals surface area contributed by atoms with Crippen molar-refractivity contribution in [2.45, 2.75) is 52.0 Å². The van der Waals surface area contributed by atoms with Gasteiger partial charge >= 0.3 is 0 Å².